The Morgan fingerprint density at radius 1 is 1.12 bits per heavy atom. The van der Waals surface area contributed by atoms with Crippen LogP contribution >= 0.6 is 0 Å². The number of nitrogens with one attached hydrogen (secondary N) is 1. The van der Waals surface area contributed by atoms with E-state index in [0.29, 0.717) is 5.92 Å². The minimum Gasteiger partial charge on any atom is -0.307 e. The molecule has 1 nitrogen and oxygen atoms in total. The zero-order chi connectivity index (χ0) is 11.7. The van der Waals surface area contributed by atoms with Gasteiger partial charge in [-0.15, -0.1) is 0 Å². The number of benzene rings is 1. The minimum atomic E-state index is -0.627. The van der Waals surface area contributed by atoms with Crippen LogP contribution in [0.1, 0.15) is 31.2 Å². The molecule has 1 N–H and O–H groups in total. The molecule has 2 fully saturated rings. The van der Waals surface area contributed by atoms with Crippen molar-refractivity contribution in [2.75, 3.05) is 0 Å². The zero-order valence-electron chi connectivity index (χ0n) is 10.1. The third-order valence-electron chi connectivity index (χ3n) is 4.41. The summed E-state index contributed by atoms with van der Waals surface area (Å²) >= 11 is 0. The van der Waals surface area contributed by atoms with Crippen molar-refractivity contribution in [1.29, 1.82) is 0 Å². The van der Waals surface area contributed by atoms with Crippen molar-refractivity contribution in [2.45, 2.75) is 44.4 Å². The highest BCUT2D eigenvalue weighted by molar-refractivity contribution is 5.14. The molecular formula is C15H20FN. The van der Waals surface area contributed by atoms with Crippen molar-refractivity contribution in [3.05, 3.63) is 35.9 Å². The van der Waals surface area contributed by atoms with E-state index in [-0.39, 0.29) is 6.04 Å². The van der Waals surface area contributed by atoms with Gasteiger partial charge in [0.15, 0.2) is 0 Å². The van der Waals surface area contributed by atoms with Gasteiger partial charge >= 0.3 is 0 Å². The highest BCUT2D eigenvalue weighted by Gasteiger charge is 2.41. The molecule has 3 rings (SSSR count). The fraction of sp³-hybridized carbons (Fsp3) is 0.600. The van der Waals surface area contributed by atoms with E-state index in [0.717, 1.165) is 31.7 Å². The van der Waals surface area contributed by atoms with Crippen LogP contribution in [0, 0.1) is 11.8 Å². The summed E-state index contributed by atoms with van der Waals surface area (Å²) in [4.78, 5) is 0. The Hall–Kier alpha value is -0.890. The largest absolute Gasteiger partial charge is 0.307 e. The zero-order valence-corrected chi connectivity index (χ0v) is 10.1. The smallest absolute Gasteiger partial charge is 0.118 e. The molecular weight excluding hydrogens is 213 g/mol. The first-order chi connectivity index (χ1) is 8.33. The van der Waals surface area contributed by atoms with Gasteiger partial charge in [-0.3, -0.25) is 0 Å². The standard InChI is InChI=1S/C15H20FN/c16-15-13-7-6-12(8-13)9-14(15)17-10-11-4-2-1-3-5-11/h1-5,12-15,17H,6-10H2/t12-,13+,14+,15-/m1/s1. The Balaban J connectivity index is 1.58. The van der Waals surface area contributed by atoms with Crippen molar-refractivity contribution < 1.29 is 4.39 Å². The summed E-state index contributed by atoms with van der Waals surface area (Å²) in [6, 6.07) is 10.4. The van der Waals surface area contributed by atoms with Crippen LogP contribution in [-0.4, -0.2) is 12.2 Å². The average Bonchev–Trinajstić information content (AvgIpc) is 2.78. The monoisotopic (exact) mass is 233 g/mol. The molecule has 0 saturated heterocycles. The predicted octanol–water partition coefficient (Wildman–Crippen LogP) is 3.30. The molecule has 2 aliphatic carbocycles. The number of fused-ring (bicyclic) bond motifs is 2. The molecule has 0 heterocycles. The molecule has 4 atom stereocenters. The first-order valence-corrected chi connectivity index (χ1v) is 6.74. The van der Waals surface area contributed by atoms with Gasteiger partial charge in [0.25, 0.3) is 0 Å². The van der Waals surface area contributed by atoms with Gasteiger partial charge in [-0.05, 0) is 36.7 Å². The highest BCUT2D eigenvalue weighted by atomic mass is 19.1. The molecule has 0 aromatic heterocycles. The normalized spacial score (nSPS) is 36.1. The summed E-state index contributed by atoms with van der Waals surface area (Å²) in [5, 5.41) is 3.41. The maximum absolute atomic E-state index is 14.2. The number of alkyl halides is 1. The Labute approximate surface area is 102 Å². The van der Waals surface area contributed by atoms with Gasteiger partial charge in [-0.25, -0.2) is 4.39 Å². The second-order valence-corrected chi connectivity index (χ2v) is 5.59. The molecule has 2 saturated carbocycles. The molecule has 1 aromatic carbocycles. The van der Waals surface area contributed by atoms with Crippen LogP contribution < -0.4 is 5.32 Å². The van der Waals surface area contributed by atoms with Gasteiger partial charge < -0.3 is 5.32 Å². The first-order valence-electron chi connectivity index (χ1n) is 6.74. The van der Waals surface area contributed by atoms with Crippen LogP contribution in [0.25, 0.3) is 0 Å². The van der Waals surface area contributed by atoms with Crippen molar-refractivity contribution in [2.24, 2.45) is 11.8 Å². The lowest BCUT2D eigenvalue weighted by molar-refractivity contribution is 0.125. The van der Waals surface area contributed by atoms with Gasteiger partial charge in [0.1, 0.15) is 6.17 Å². The lowest BCUT2D eigenvalue weighted by Crippen LogP contribution is -2.44. The summed E-state index contributed by atoms with van der Waals surface area (Å²) < 4.78 is 14.2. The lowest BCUT2D eigenvalue weighted by atomic mass is 9.84. The van der Waals surface area contributed by atoms with E-state index in [1.807, 2.05) is 18.2 Å². The van der Waals surface area contributed by atoms with Crippen molar-refractivity contribution in [1.82, 2.24) is 5.32 Å². The van der Waals surface area contributed by atoms with E-state index in [9.17, 15) is 4.39 Å². The van der Waals surface area contributed by atoms with Crippen molar-refractivity contribution in [3.63, 3.8) is 0 Å². The van der Waals surface area contributed by atoms with E-state index in [2.05, 4.69) is 17.4 Å². The molecule has 2 aliphatic rings. The van der Waals surface area contributed by atoms with Crippen molar-refractivity contribution in [3.8, 4) is 0 Å². The van der Waals surface area contributed by atoms with E-state index in [1.54, 1.807) is 0 Å². The third-order valence-corrected chi connectivity index (χ3v) is 4.41. The lowest BCUT2D eigenvalue weighted by Gasteiger charge is -2.32. The summed E-state index contributed by atoms with van der Waals surface area (Å²) in [5.41, 5.74) is 1.25. The Kier molecular flexibility index (Phi) is 3.15. The summed E-state index contributed by atoms with van der Waals surface area (Å²) in [6.07, 6.45) is 3.89. The summed E-state index contributed by atoms with van der Waals surface area (Å²) in [5.74, 6) is 1.11. The van der Waals surface area contributed by atoms with Gasteiger partial charge in [-0.2, -0.15) is 0 Å². The number of halogens is 1. The maximum Gasteiger partial charge on any atom is 0.118 e. The van der Waals surface area contributed by atoms with E-state index in [4.69, 9.17) is 0 Å². The SMILES string of the molecule is F[C@@H]1[C@H]2CC[C@H](C2)C[C@@H]1NCc1ccccc1. The molecule has 0 unspecified atom stereocenters. The fourth-order valence-corrected chi connectivity index (χ4v) is 3.48. The molecule has 0 aliphatic heterocycles. The topological polar surface area (TPSA) is 12.0 Å². The second kappa shape index (κ2) is 4.77. The van der Waals surface area contributed by atoms with Crippen LogP contribution in [0.4, 0.5) is 4.39 Å². The fourth-order valence-electron chi connectivity index (χ4n) is 3.48. The Morgan fingerprint density at radius 3 is 2.76 bits per heavy atom. The average molecular weight is 233 g/mol. The van der Waals surface area contributed by atoms with Gasteiger partial charge in [-0.1, -0.05) is 36.8 Å². The molecule has 2 bridgehead atoms. The second-order valence-electron chi connectivity index (χ2n) is 5.59. The number of rotatable bonds is 3. The third kappa shape index (κ3) is 2.37. The van der Waals surface area contributed by atoms with Gasteiger partial charge in [0.2, 0.25) is 0 Å². The molecule has 0 radical (unpaired) electrons. The molecule has 17 heavy (non-hydrogen) atoms. The highest BCUT2D eigenvalue weighted by Crippen LogP contribution is 2.43. The van der Waals surface area contributed by atoms with Crippen LogP contribution in [0.3, 0.4) is 0 Å². The van der Waals surface area contributed by atoms with E-state index >= 15 is 0 Å². The van der Waals surface area contributed by atoms with E-state index in [1.165, 1.54) is 12.0 Å². The molecule has 2 heteroatoms. The van der Waals surface area contributed by atoms with Crippen molar-refractivity contribution >= 4 is 0 Å². The summed E-state index contributed by atoms with van der Waals surface area (Å²) in [6.45, 7) is 0.797. The quantitative estimate of drug-likeness (QED) is 0.844. The minimum absolute atomic E-state index is 0.0847. The van der Waals surface area contributed by atoms with Crippen LogP contribution in [-0.2, 0) is 6.54 Å². The maximum atomic E-state index is 14.2. The predicted molar refractivity (Wildman–Crippen MR) is 67.4 cm³/mol. The van der Waals surface area contributed by atoms with Crippen LogP contribution in [0.5, 0.6) is 0 Å². The number of hydrogen-bond donors (Lipinski definition) is 1. The molecule has 0 spiro atoms. The first kappa shape index (κ1) is 11.2. The van der Waals surface area contributed by atoms with Crippen LogP contribution in [0.15, 0.2) is 30.3 Å². The van der Waals surface area contributed by atoms with Gasteiger partial charge in [0.05, 0.1) is 0 Å². The number of hydrogen-bond acceptors (Lipinski definition) is 1. The Morgan fingerprint density at radius 2 is 1.94 bits per heavy atom. The van der Waals surface area contributed by atoms with E-state index < -0.39 is 6.17 Å². The Bertz CT molecular complexity index is 364. The summed E-state index contributed by atoms with van der Waals surface area (Å²) in [7, 11) is 0. The molecule has 0 amide bonds. The molecule has 92 valence electrons. The van der Waals surface area contributed by atoms with Gasteiger partial charge in [0, 0.05) is 12.6 Å². The molecule has 1 aromatic rings. The van der Waals surface area contributed by atoms with Crippen LogP contribution in [0.2, 0.25) is 0 Å².